The number of thiophene rings is 1. The fraction of sp³-hybridized carbons (Fsp3) is 0.556. The standard InChI is InChI=1S/C27H33BrN2OS/c1-14-9-22(28)10-15(2)23(14)24-16(3)32-27-25(29-17(4)30-26(24)27)21-11-19-7-5-18(13-31)6-8-20(19)12-21/h9-10,18-21,31H,5-8,11-13H2,1-4H3. The molecule has 0 amide bonds. The highest BCUT2D eigenvalue weighted by Gasteiger charge is 2.38. The lowest BCUT2D eigenvalue weighted by atomic mass is 9.92. The number of nitrogens with zero attached hydrogens (tertiary/aromatic N) is 2. The highest BCUT2D eigenvalue weighted by Crippen LogP contribution is 2.51. The number of fused-ring (bicyclic) bond motifs is 2. The lowest BCUT2D eigenvalue weighted by molar-refractivity contribution is 0.210. The minimum absolute atomic E-state index is 0.362. The zero-order valence-electron chi connectivity index (χ0n) is 19.5. The molecule has 2 aliphatic rings. The van der Waals surface area contributed by atoms with Gasteiger partial charge in [0, 0.05) is 27.4 Å². The van der Waals surface area contributed by atoms with Gasteiger partial charge in [-0.2, -0.15) is 0 Å². The van der Waals surface area contributed by atoms with Crippen molar-refractivity contribution >= 4 is 37.5 Å². The fourth-order valence-corrected chi connectivity index (χ4v) is 8.32. The second kappa shape index (κ2) is 8.81. The van der Waals surface area contributed by atoms with Crippen molar-refractivity contribution in [2.24, 2.45) is 17.8 Å². The van der Waals surface area contributed by atoms with Crippen LogP contribution < -0.4 is 0 Å². The summed E-state index contributed by atoms with van der Waals surface area (Å²) in [7, 11) is 0. The number of rotatable bonds is 3. The van der Waals surface area contributed by atoms with E-state index in [1.165, 1.54) is 76.0 Å². The topological polar surface area (TPSA) is 46.0 Å². The molecule has 0 bridgehead atoms. The lowest BCUT2D eigenvalue weighted by Crippen LogP contribution is -2.06. The molecule has 170 valence electrons. The van der Waals surface area contributed by atoms with Crippen LogP contribution in [0.3, 0.4) is 0 Å². The Morgan fingerprint density at radius 2 is 1.56 bits per heavy atom. The van der Waals surface area contributed by atoms with Gasteiger partial charge in [-0.15, -0.1) is 11.3 Å². The zero-order valence-corrected chi connectivity index (χ0v) is 21.9. The summed E-state index contributed by atoms with van der Waals surface area (Å²) in [5.41, 5.74) is 7.66. The second-order valence-corrected chi connectivity index (χ2v) is 12.3. The quantitative estimate of drug-likeness (QED) is 0.391. The first-order chi connectivity index (χ1) is 15.4. The summed E-state index contributed by atoms with van der Waals surface area (Å²) in [5.74, 6) is 3.54. The molecule has 3 aromatic rings. The van der Waals surface area contributed by atoms with Crippen LogP contribution in [-0.2, 0) is 0 Å². The molecular formula is C27H33BrN2OS. The summed E-state index contributed by atoms with van der Waals surface area (Å²) in [4.78, 5) is 11.4. The molecule has 32 heavy (non-hydrogen) atoms. The second-order valence-electron chi connectivity index (χ2n) is 10.2. The average Bonchev–Trinajstić information content (AvgIpc) is 3.22. The summed E-state index contributed by atoms with van der Waals surface area (Å²) in [6, 6.07) is 4.43. The number of aromatic nitrogens is 2. The van der Waals surface area contributed by atoms with Crippen molar-refractivity contribution < 1.29 is 5.11 Å². The maximum Gasteiger partial charge on any atom is 0.126 e. The summed E-state index contributed by atoms with van der Waals surface area (Å²) in [6.45, 7) is 9.07. The molecule has 2 heterocycles. The van der Waals surface area contributed by atoms with Gasteiger partial charge >= 0.3 is 0 Å². The molecule has 2 fully saturated rings. The molecule has 0 saturated heterocycles. The number of aliphatic hydroxyl groups is 1. The Labute approximate surface area is 203 Å². The van der Waals surface area contributed by atoms with Gasteiger partial charge in [0.1, 0.15) is 5.82 Å². The van der Waals surface area contributed by atoms with Crippen LogP contribution in [0.5, 0.6) is 0 Å². The molecular weight excluding hydrogens is 480 g/mol. The van der Waals surface area contributed by atoms with Crippen LogP contribution in [0.25, 0.3) is 21.3 Å². The summed E-state index contributed by atoms with van der Waals surface area (Å²) >= 11 is 5.54. The van der Waals surface area contributed by atoms with Gasteiger partial charge in [-0.25, -0.2) is 9.97 Å². The van der Waals surface area contributed by atoms with Crippen molar-refractivity contribution in [1.82, 2.24) is 9.97 Å². The first kappa shape index (κ1) is 22.5. The Morgan fingerprint density at radius 3 is 2.16 bits per heavy atom. The van der Waals surface area contributed by atoms with Crippen molar-refractivity contribution in [2.45, 2.75) is 72.1 Å². The molecule has 5 rings (SSSR count). The van der Waals surface area contributed by atoms with Crippen molar-refractivity contribution in [3.63, 3.8) is 0 Å². The number of hydrogen-bond acceptors (Lipinski definition) is 4. The molecule has 0 radical (unpaired) electrons. The Hall–Kier alpha value is -1.30. The molecule has 1 aromatic carbocycles. The number of hydrogen-bond donors (Lipinski definition) is 1. The van der Waals surface area contributed by atoms with Crippen molar-refractivity contribution in [3.05, 3.63) is 44.1 Å². The van der Waals surface area contributed by atoms with E-state index < -0.39 is 0 Å². The minimum Gasteiger partial charge on any atom is -0.396 e. The van der Waals surface area contributed by atoms with E-state index in [2.05, 4.69) is 55.8 Å². The molecule has 0 spiro atoms. The summed E-state index contributed by atoms with van der Waals surface area (Å²) in [5, 5.41) is 9.62. The van der Waals surface area contributed by atoms with E-state index in [1.54, 1.807) is 0 Å². The Kier molecular flexibility index (Phi) is 6.19. The van der Waals surface area contributed by atoms with E-state index >= 15 is 0 Å². The van der Waals surface area contributed by atoms with E-state index in [4.69, 9.17) is 9.97 Å². The van der Waals surface area contributed by atoms with Crippen LogP contribution in [-0.4, -0.2) is 21.7 Å². The van der Waals surface area contributed by atoms with Gasteiger partial charge in [0.2, 0.25) is 0 Å². The van der Waals surface area contributed by atoms with Crippen LogP contribution in [0.2, 0.25) is 0 Å². The first-order valence-electron chi connectivity index (χ1n) is 12.0. The molecule has 2 unspecified atom stereocenters. The van der Waals surface area contributed by atoms with Crippen LogP contribution >= 0.6 is 27.3 Å². The van der Waals surface area contributed by atoms with Crippen molar-refractivity contribution in [2.75, 3.05) is 6.61 Å². The van der Waals surface area contributed by atoms with Gasteiger partial charge in [0.05, 0.1) is 15.9 Å². The van der Waals surface area contributed by atoms with Gasteiger partial charge in [-0.05, 0) is 113 Å². The Morgan fingerprint density at radius 1 is 0.938 bits per heavy atom. The van der Waals surface area contributed by atoms with E-state index in [0.717, 1.165) is 27.6 Å². The van der Waals surface area contributed by atoms with Gasteiger partial charge < -0.3 is 5.11 Å². The van der Waals surface area contributed by atoms with E-state index in [-0.39, 0.29) is 0 Å². The van der Waals surface area contributed by atoms with Crippen LogP contribution in [0.1, 0.15) is 72.0 Å². The Balaban J connectivity index is 1.57. The maximum absolute atomic E-state index is 9.62. The van der Waals surface area contributed by atoms with Crippen molar-refractivity contribution in [3.8, 4) is 11.1 Å². The monoisotopic (exact) mass is 512 g/mol. The molecule has 5 heteroatoms. The molecule has 0 aliphatic heterocycles. The molecule has 2 saturated carbocycles. The third-order valence-electron chi connectivity index (χ3n) is 7.97. The van der Waals surface area contributed by atoms with Gasteiger partial charge in [0.15, 0.2) is 0 Å². The summed E-state index contributed by atoms with van der Waals surface area (Å²) < 4.78 is 2.44. The van der Waals surface area contributed by atoms with E-state index in [0.29, 0.717) is 18.4 Å². The maximum atomic E-state index is 9.62. The van der Waals surface area contributed by atoms with E-state index in [9.17, 15) is 5.11 Å². The molecule has 3 nitrogen and oxygen atoms in total. The normalized spacial score (nSPS) is 25.8. The minimum atomic E-state index is 0.362. The molecule has 2 aromatic heterocycles. The van der Waals surface area contributed by atoms with Crippen LogP contribution in [0.4, 0.5) is 0 Å². The predicted molar refractivity (Wildman–Crippen MR) is 137 cm³/mol. The third-order valence-corrected chi connectivity index (χ3v) is 9.55. The number of benzene rings is 1. The lowest BCUT2D eigenvalue weighted by Gasteiger charge is -2.15. The first-order valence-corrected chi connectivity index (χ1v) is 13.6. The van der Waals surface area contributed by atoms with Gasteiger partial charge in [-0.3, -0.25) is 0 Å². The molecule has 2 atom stereocenters. The third kappa shape index (κ3) is 3.95. The zero-order chi connectivity index (χ0) is 22.6. The van der Waals surface area contributed by atoms with Gasteiger partial charge in [0.25, 0.3) is 0 Å². The smallest absolute Gasteiger partial charge is 0.126 e. The largest absolute Gasteiger partial charge is 0.396 e. The average molecular weight is 514 g/mol. The number of halogens is 1. The number of aliphatic hydroxyl groups excluding tert-OH is 1. The van der Waals surface area contributed by atoms with Crippen molar-refractivity contribution in [1.29, 1.82) is 0 Å². The predicted octanol–water partition coefficient (Wildman–Crippen LogP) is 7.65. The highest BCUT2D eigenvalue weighted by atomic mass is 79.9. The molecule has 2 aliphatic carbocycles. The Bertz CT molecular complexity index is 1130. The van der Waals surface area contributed by atoms with Crippen LogP contribution in [0, 0.1) is 45.4 Å². The highest BCUT2D eigenvalue weighted by molar-refractivity contribution is 9.10. The fourth-order valence-electron chi connectivity index (χ4n) is 6.47. The van der Waals surface area contributed by atoms with Crippen LogP contribution in [0.15, 0.2) is 16.6 Å². The van der Waals surface area contributed by atoms with E-state index in [1.807, 2.05) is 11.3 Å². The SMILES string of the molecule is Cc1nc(C2CC3CCC(CO)CCC3C2)c2sc(C)c(-c3c(C)cc(Br)cc3C)c2n1. The summed E-state index contributed by atoms with van der Waals surface area (Å²) in [6.07, 6.45) is 7.41. The number of aryl methyl sites for hydroxylation is 4. The van der Waals surface area contributed by atoms with Gasteiger partial charge in [-0.1, -0.05) is 15.9 Å². The molecule has 1 N–H and O–H groups in total.